The predicted molar refractivity (Wildman–Crippen MR) is 52.2 cm³/mol. The van der Waals surface area contributed by atoms with E-state index in [2.05, 4.69) is 0 Å². The molecular formula is C9H13NO2S. The van der Waals surface area contributed by atoms with Crippen molar-refractivity contribution < 1.29 is 8.42 Å². The Bertz CT molecular complexity index is 410. The number of aryl methyl sites for hydroxylation is 2. The largest absolute Gasteiger partial charge is 0.317 e. The van der Waals surface area contributed by atoms with Crippen LogP contribution in [0, 0.1) is 13.8 Å². The van der Waals surface area contributed by atoms with Crippen LogP contribution in [0.15, 0.2) is 23.1 Å². The minimum atomic E-state index is -3.27. The van der Waals surface area contributed by atoms with Crippen LogP contribution in [-0.2, 0) is 9.84 Å². The first kappa shape index (κ1) is 10.2. The highest BCUT2D eigenvalue weighted by Crippen LogP contribution is 2.16. The molecule has 0 aliphatic heterocycles. The Kier molecular flexibility index (Phi) is 2.73. The van der Waals surface area contributed by atoms with Gasteiger partial charge in [-0.2, -0.15) is 0 Å². The minimum absolute atomic E-state index is 0.334. The van der Waals surface area contributed by atoms with Crippen molar-refractivity contribution in [2.24, 2.45) is 5.73 Å². The summed E-state index contributed by atoms with van der Waals surface area (Å²) in [6.45, 7) is 3.70. The van der Waals surface area contributed by atoms with Gasteiger partial charge in [0.05, 0.1) is 4.90 Å². The fourth-order valence-corrected chi connectivity index (χ4v) is 2.24. The van der Waals surface area contributed by atoms with Crippen molar-refractivity contribution in [1.29, 1.82) is 0 Å². The lowest BCUT2D eigenvalue weighted by atomic mass is 10.2. The molecule has 1 aromatic carbocycles. The lowest BCUT2D eigenvalue weighted by molar-refractivity contribution is 0.595. The van der Waals surface area contributed by atoms with Gasteiger partial charge >= 0.3 is 0 Å². The topological polar surface area (TPSA) is 60.2 Å². The van der Waals surface area contributed by atoms with E-state index in [4.69, 9.17) is 5.73 Å². The predicted octanol–water partition coefficient (Wildman–Crippen LogP) is 0.993. The zero-order chi connectivity index (χ0) is 10.1. The maximum atomic E-state index is 11.4. The van der Waals surface area contributed by atoms with E-state index in [0.29, 0.717) is 4.90 Å². The van der Waals surface area contributed by atoms with Crippen LogP contribution in [0.25, 0.3) is 0 Å². The van der Waals surface area contributed by atoms with Crippen LogP contribution in [0.3, 0.4) is 0 Å². The van der Waals surface area contributed by atoms with Crippen molar-refractivity contribution in [2.45, 2.75) is 18.7 Å². The van der Waals surface area contributed by atoms with Crippen molar-refractivity contribution in [3.05, 3.63) is 29.3 Å². The van der Waals surface area contributed by atoms with E-state index >= 15 is 0 Å². The van der Waals surface area contributed by atoms with Crippen LogP contribution in [0.2, 0.25) is 0 Å². The number of nitrogens with two attached hydrogens (primary N) is 1. The van der Waals surface area contributed by atoms with Gasteiger partial charge in [-0.1, -0.05) is 17.7 Å². The Labute approximate surface area is 78.5 Å². The smallest absolute Gasteiger partial charge is 0.191 e. The van der Waals surface area contributed by atoms with E-state index < -0.39 is 9.84 Å². The maximum Gasteiger partial charge on any atom is 0.191 e. The van der Waals surface area contributed by atoms with Gasteiger partial charge in [0.2, 0.25) is 0 Å². The first-order chi connectivity index (χ1) is 5.97. The molecule has 0 heterocycles. The molecule has 0 fully saturated rings. The number of hydrogen-bond acceptors (Lipinski definition) is 3. The number of sulfone groups is 1. The molecule has 0 saturated carbocycles. The van der Waals surface area contributed by atoms with Crippen LogP contribution >= 0.6 is 0 Å². The van der Waals surface area contributed by atoms with Crippen LogP contribution < -0.4 is 5.73 Å². The van der Waals surface area contributed by atoms with Gasteiger partial charge < -0.3 is 5.73 Å². The lowest BCUT2D eigenvalue weighted by Gasteiger charge is -2.05. The van der Waals surface area contributed by atoms with Crippen LogP contribution in [-0.4, -0.2) is 14.3 Å². The molecule has 72 valence electrons. The molecule has 1 rings (SSSR count). The highest BCUT2D eigenvalue weighted by molar-refractivity contribution is 7.91. The summed E-state index contributed by atoms with van der Waals surface area (Å²) in [7, 11) is -3.27. The molecule has 1 aromatic rings. The highest BCUT2D eigenvalue weighted by Gasteiger charge is 2.13. The SMILES string of the molecule is Cc1ccc(S(=O)(=O)CN)c(C)c1. The summed E-state index contributed by atoms with van der Waals surface area (Å²) >= 11 is 0. The van der Waals surface area contributed by atoms with E-state index in [1.165, 1.54) is 0 Å². The Morgan fingerprint density at radius 1 is 1.31 bits per heavy atom. The van der Waals surface area contributed by atoms with E-state index in [0.717, 1.165) is 11.1 Å². The molecule has 0 atom stereocenters. The molecule has 2 N–H and O–H groups in total. The molecule has 0 aliphatic carbocycles. The molecule has 13 heavy (non-hydrogen) atoms. The van der Waals surface area contributed by atoms with Gasteiger partial charge in [-0.25, -0.2) is 8.42 Å². The first-order valence-electron chi connectivity index (χ1n) is 3.97. The molecule has 3 nitrogen and oxygen atoms in total. The van der Waals surface area contributed by atoms with Gasteiger partial charge in [0.1, 0.15) is 5.88 Å². The summed E-state index contributed by atoms with van der Waals surface area (Å²) in [5.74, 6) is -0.336. The normalized spacial score (nSPS) is 11.6. The molecule has 0 saturated heterocycles. The van der Waals surface area contributed by atoms with Gasteiger partial charge in [-0.15, -0.1) is 0 Å². The summed E-state index contributed by atoms with van der Waals surface area (Å²) in [6, 6.07) is 5.21. The molecule has 0 radical (unpaired) electrons. The third-order valence-electron chi connectivity index (χ3n) is 1.88. The van der Waals surface area contributed by atoms with Crippen LogP contribution in [0.5, 0.6) is 0 Å². The van der Waals surface area contributed by atoms with Gasteiger partial charge in [0, 0.05) is 0 Å². The molecule has 0 bridgehead atoms. The second-order valence-electron chi connectivity index (χ2n) is 3.05. The summed E-state index contributed by atoms with van der Waals surface area (Å²) in [6.07, 6.45) is 0. The molecule has 0 unspecified atom stereocenters. The monoisotopic (exact) mass is 199 g/mol. The Morgan fingerprint density at radius 3 is 2.38 bits per heavy atom. The Hall–Kier alpha value is -0.870. The van der Waals surface area contributed by atoms with E-state index in [9.17, 15) is 8.42 Å². The molecule has 0 aliphatic rings. The minimum Gasteiger partial charge on any atom is -0.317 e. The van der Waals surface area contributed by atoms with Crippen molar-refractivity contribution in [2.75, 3.05) is 5.88 Å². The molecule has 0 amide bonds. The average Bonchev–Trinajstić information content (AvgIpc) is 2.03. The van der Waals surface area contributed by atoms with Crippen molar-refractivity contribution in [3.8, 4) is 0 Å². The maximum absolute atomic E-state index is 11.4. The third-order valence-corrected chi connectivity index (χ3v) is 3.45. The van der Waals surface area contributed by atoms with Crippen LogP contribution in [0.4, 0.5) is 0 Å². The number of hydrogen-bond donors (Lipinski definition) is 1. The molecule has 0 spiro atoms. The fourth-order valence-electron chi connectivity index (χ4n) is 1.24. The van der Waals surface area contributed by atoms with Crippen LogP contribution in [0.1, 0.15) is 11.1 Å². The Balaban J connectivity index is 3.33. The highest BCUT2D eigenvalue weighted by atomic mass is 32.2. The summed E-state index contributed by atoms with van der Waals surface area (Å²) in [5, 5.41) is 0. The quantitative estimate of drug-likeness (QED) is 0.772. The van der Waals surface area contributed by atoms with Crippen molar-refractivity contribution in [3.63, 3.8) is 0 Å². The van der Waals surface area contributed by atoms with Gasteiger partial charge in [-0.05, 0) is 25.5 Å². The Morgan fingerprint density at radius 2 is 1.92 bits per heavy atom. The average molecular weight is 199 g/mol. The zero-order valence-corrected chi connectivity index (χ0v) is 8.56. The van der Waals surface area contributed by atoms with E-state index in [-0.39, 0.29) is 5.88 Å². The molecule has 0 aromatic heterocycles. The third kappa shape index (κ3) is 2.08. The second-order valence-corrected chi connectivity index (χ2v) is 5.05. The number of rotatable bonds is 2. The molecular weight excluding hydrogens is 186 g/mol. The van der Waals surface area contributed by atoms with E-state index in [1.807, 2.05) is 13.0 Å². The van der Waals surface area contributed by atoms with E-state index in [1.54, 1.807) is 19.1 Å². The fraction of sp³-hybridized carbons (Fsp3) is 0.333. The second kappa shape index (κ2) is 3.47. The lowest BCUT2D eigenvalue weighted by Crippen LogP contribution is -2.15. The van der Waals surface area contributed by atoms with Crippen molar-refractivity contribution in [1.82, 2.24) is 0 Å². The number of benzene rings is 1. The summed E-state index contributed by atoms with van der Waals surface area (Å²) in [5.41, 5.74) is 6.96. The summed E-state index contributed by atoms with van der Waals surface area (Å²) < 4.78 is 22.8. The van der Waals surface area contributed by atoms with Crippen molar-refractivity contribution >= 4 is 9.84 Å². The van der Waals surface area contributed by atoms with Gasteiger partial charge in [0.15, 0.2) is 9.84 Å². The van der Waals surface area contributed by atoms with Gasteiger partial charge in [-0.3, -0.25) is 0 Å². The van der Waals surface area contributed by atoms with Gasteiger partial charge in [0.25, 0.3) is 0 Å². The first-order valence-corrected chi connectivity index (χ1v) is 5.62. The standard InChI is InChI=1S/C9H13NO2S/c1-7-3-4-9(8(2)5-7)13(11,12)6-10/h3-5H,6,10H2,1-2H3. The zero-order valence-electron chi connectivity index (χ0n) is 7.74. The molecule has 4 heteroatoms. The summed E-state index contributed by atoms with van der Waals surface area (Å²) in [4.78, 5) is 0.334.